The Labute approximate surface area is 84.6 Å². The third-order valence-corrected chi connectivity index (χ3v) is 1.71. The molecule has 1 aromatic carbocycles. The lowest BCUT2D eigenvalue weighted by Crippen LogP contribution is -2.03. The molecule has 0 saturated heterocycles. The van der Waals surface area contributed by atoms with E-state index < -0.39 is 10.9 Å². The smallest absolute Gasteiger partial charge is 0.338 e. The number of esters is 1. The molecule has 0 fully saturated rings. The first-order chi connectivity index (χ1) is 7.08. The summed E-state index contributed by atoms with van der Waals surface area (Å²) in [7, 11) is 1.15. The lowest BCUT2D eigenvalue weighted by molar-refractivity contribution is -0.384. The van der Waals surface area contributed by atoms with Gasteiger partial charge in [-0.25, -0.2) is 4.79 Å². The number of aldehydes is 1. The Morgan fingerprint density at radius 3 is 2.60 bits per heavy atom. The van der Waals surface area contributed by atoms with Crippen LogP contribution in [-0.4, -0.2) is 24.3 Å². The summed E-state index contributed by atoms with van der Waals surface area (Å²) >= 11 is 0. The number of nitro benzene ring substituents is 1. The van der Waals surface area contributed by atoms with Gasteiger partial charge in [0.1, 0.15) is 6.29 Å². The number of rotatable bonds is 3. The van der Waals surface area contributed by atoms with Gasteiger partial charge in [0.05, 0.1) is 17.6 Å². The van der Waals surface area contributed by atoms with E-state index in [9.17, 15) is 19.7 Å². The topological polar surface area (TPSA) is 86.5 Å². The average molecular weight is 209 g/mol. The number of methoxy groups -OCH3 is 1. The Hall–Kier alpha value is -2.24. The number of ether oxygens (including phenoxy) is 1. The Morgan fingerprint density at radius 2 is 2.13 bits per heavy atom. The highest BCUT2D eigenvalue weighted by Crippen LogP contribution is 2.16. The first-order valence-corrected chi connectivity index (χ1v) is 3.91. The van der Waals surface area contributed by atoms with Crippen molar-refractivity contribution in [1.82, 2.24) is 0 Å². The maximum absolute atomic E-state index is 11.1. The van der Waals surface area contributed by atoms with Crippen molar-refractivity contribution in [3.63, 3.8) is 0 Å². The Balaban J connectivity index is 3.28. The van der Waals surface area contributed by atoms with Crippen LogP contribution in [0.3, 0.4) is 0 Å². The number of non-ortho nitro benzene ring substituents is 1. The molecule has 1 aromatic rings. The van der Waals surface area contributed by atoms with Crippen molar-refractivity contribution in [3.8, 4) is 0 Å². The van der Waals surface area contributed by atoms with E-state index in [1.54, 1.807) is 0 Å². The number of nitro groups is 1. The molecule has 0 aliphatic carbocycles. The number of benzene rings is 1. The molecular formula is C9H7NO5. The minimum Gasteiger partial charge on any atom is -0.465 e. The summed E-state index contributed by atoms with van der Waals surface area (Å²) in [4.78, 5) is 31.4. The van der Waals surface area contributed by atoms with Crippen LogP contribution in [0.2, 0.25) is 0 Å². The van der Waals surface area contributed by atoms with E-state index in [-0.39, 0.29) is 16.8 Å². The number of carbonyl (C=O) groups excluding carboxylic acids is 2. The predicted molar refractivity (Wildman–Crippen MR) is 49.8 cm³/mol. The Kier molecular flexibility index (Phi) is 3.12. The maximum atomic E-state index is 11.1. The molecular weight excluding hydrogens is 202 g/mol. The molecule has 0 aromatic heterocycles. The van der Waals surface area contributed by atoms with Crippen LogP contribution in [-0.2, 0) is 4.74 Å². The molecule has 0 bridgehead atoms. The van der Waals surface area contributed by atoms with E-state index >= 15 is 0 Å². The molecule has 0 N–H and O–H groups in total. The second-order valence-corrected chi connectivity index (χ2v) is 2.68. The van der Waals surface area contributed by atoms with Crippen LogP contribution in [0.25, 0.3) is 0 Å². The van der Waals surface area contributed by atoms with Crippen LogP contribution in [0, 0.1) is 10.1 Å². The summed E-state index contributed by atoms with van der Waals surface area (Å²) in [6, 6.07) is 3.37. The SMILES string of the molecule is COC(=O)c1cc(C=O)cc([N+](=O)[O-])c1. The Bertz CT molecular complexity index is 427. The molecule has 15 heavy (non-hydrogen) atoms. The Morgan fingerprint density at radius 1 is 1.47 bits per heavy atom. The van der Waals surface area contributed by atoms with Gasteiger partial charge in [0, 0.05) is 17.7 Å². The maximum Gasteiger partial charge on any atom is 0.338 e. The molecule has 0 amide bonds. The first kappa shape index (κ1) is 10.8. The van der Waals surface area contributed by atoms with Crippen molar-refractivity contribution in [2.45, 2.75) is 0 Å². The van der Waals surface area contributed by atoms with Gasteiger partial charge in [-0.1, -0.05) is 0 Å². The molecule has 0 aliphatic rings. The summed E-state index contributed by atoms with van der Waals surface area (Å²) in [6.07, 6.45) is 0.430. The first-order valence-electron chi connectivity index (χ1n) is 3.91. The van der Waals surface area contributed by atoms with Gasteiger partial charge in [0.25, 0.3) is 5.69 Å². The monoisotopic (exact) mass is 209 g/mol. The zero-order valence-electron chi connectivity index (χ0n) is 7.80. The second kappa shape index (κ2) is 4.32. The van der Waals surface area contributed by atoms with Crippen molar-refractivity contribution >= 4 is 17.9 Å². The van der Waals surface area contributed by atoms with Gasteiger partial charge in [-0.3, -0.25) is 14.9 Å². The quantitative estimate of drug-likeness (QED) is 0.323. The van der Waals surface area contributed by atoms with E-state index in [1.807, 2.05) is 0 Å². The average Bonchev–Trinajstić information content (AvgIpc) is 2.27. The lowest BCUT2D eigenvalue weighted by Gasteiger charge is -2.00. The van der Waals surface area contributed by atoms with Crippen LogP contribution in [0.15, 0.2) is 18.2 Å². The molecule has 0 radical (unpaired) electrons. The molecule has 0 spiro atoms. The largest absolute Gasteiger partial charge is 0.465 e. The van der Waals surface area contributed by atoms with Crippen LogP contribution in [0.4, 0.5) is 5.69 Å². The van der Waals surface area contributed by atoms with E-state index in [4.69, 9.17) is 0 Å². The minimum atomic E-state index is -0.721. The van der Waals surface area contributed by atoms with E-state index in [2.05, 4.69) is 4.74 Å². The van der Waals surface area contributed by atoms with Crippen molar-refractivity contribution < 1.29 is 19.2 Å². The third kappa shape index (κ3) is 2.37. The molecule has 0 atom stereocenters. The van der Waals surface area contributed by atoms with E-state index in [0.29, 0.717) is 6.29 Å². The molecule has 6 heteroatoms. The van der Waals surface area contributed by atoms with Gasteiger partial charge in [0.2, 0.25) is 0 Å². The van der Waals surface area contributed by atoms with E-state index in [0.717, 1.165) is 19.2 Å². The fourth-order valence-corrected chi connectivity index (χ4v) is 1.04. The highest BCUT2D eigenvalue weighted by Gasteiger charge is 2.14. The minimum absolute atomic E-state index is 0.0196. The standard InChI is InChI=1S/C9H7NO5/c1-15-9(12)7-2-6(5-11)3-8(4-7)10(13)14/h2-5H,1H3. The molecule has 6 nitrogen and oxygen atoms in total. The zero-order chi connectivity index (χ0) is 11.4. The highest BCUT2D eigenvalue weighted by molar-refractivity contribution is 5.92. The molecule has 0 aliphatic heterocycles. The molecule has 0 unspecified atom stereocenters. The molecule has 78 valence electrons. The van der Waals surface area contributed by atoms with Gasteiger partial charge in [-0.15, -0.1) is 0 Å². The van der Waals surface area contributed by atoms with Gasteiger partial charge in [-0.2, -0.15) is 0 Å². The van der Waals surface area contributed by atoms with Gasteiger partial charge in [0.15, 0.2) is 0 Å². The summed E-state index contributed by atoms with van der Waals surface area (Å²) < 4.78 is 4.39. The van der Waals surface area contributed by atoms with Gasteiger partial charge < -0.3 is 4.74 Å². The van der Waals surface area contributed by atoms with Crippen molar-refractivity contribution in [2.75, 3.05) is 7.11 Å². The number of hydrogen-bond acceptors (Lipinski definition) is 5. The molecule has 1 rings (SSSR count). The van der Waals surface area contributed by atoms with Gasteiger partial charge in [-0.05, 0) is 6.07 Å². The van der Waals surface area contributed by atoms with Crippen molar-refractivity contribution in [2.24, 2.45) is 0 Å². The van der Waals surface area contributed by atoms with Crippen molar-refractivity contribution in [1.29, 1.82) is 0 Å². The van der Waals surface area contributed by atoms with Crippen LogP contribution < -0.4 is 0 Å². The zero-order valence-corrected chi connectivity index (χ0v) is 7.80. The highest BCUT2D eigenvalue weighted by atomic mass is 16.6. The number of carbonyl (C=O) groups is 2. The van der Waals surface area contributed by atoms with E-state index in [1.165, 1.54) is 6.07 Å². The lowest BCUT2D eigenvalue weighted by atomic mass is 10.1. The van der Waals surface area contributed by atoms with Crippen LogP contribution in [0.1, 0.15) is 20.7 Å². The normalized spacial score (nSPS) is 9.40. The third-order valence-electron chi connectivity index (χ3n) is 1.71. The summed E-state index contributed by atoms with van der Waals surface area (Å²) in [6.45, 7) is 0. The van der Waals surface area contributed by atoms with Gasteiger partial charge >= 0.3 is 5.97 Å². The second-order valence-electron chi connectivity index (χ2n) is 2.68. The van der Waals surface area contributed by atoms with Crippen LogP contribution in [0.5, 0.6) is 0 Å². The number of hydrogen-bond donors (Lipinski definition) is 0. The summed E-state index contributed by atoms with van der Waals surface area (Å²) in [5.74, 6) is -0.721. The molecule has 0 heterocycles. The van der Waals surface area contributed by atoms with Crippen LogP contribution >= 0.6 is 0 Å². The fraction of sp³-hybridized carbons (Fsp3) is 0.111. The fourth-order valence-electron chi connectivity index (χ4n) is 1.04. The summed E-state index contributed by atoms with van der Waals surface area (Å²) in [5, 5.41) is 10.5. The van der Waals surface area contributed by atoms with Crippen molar-refractivity contribution in [3.05, 3.63) is 39.4 Å². The molecule has 0 saturated carbocycles. The predicted octanol–water partition coefficient (Wildman–Crippen LogP) is 1.19. The number of nitrogens with zero attached hydrogens (tertiary/aromatic N) is 1. The summed E-state index contributed by atoms with van der Waals surface area (Å²) in [5.41, 5.74) is -0.279.